The molecule has 2 heteroatoms. The van der Waals surface area contributed by atoms with Gasteiger partial charge in [-0.2, -0.15) is 0 Å². The summed E-state index contributed by atoms with van der Waals surface area (Å²) in [6.07, 6.45) is 9.51. The number of hydrogen-bond acceptors (Lipinski definition) is 1. The van der Waals surface area contributed by atoms with Crippen molar-refractivity contribution in [2.45, 2.75) is 50.9 Å². The first-order valence-corrected chi connectivity index (χ1v) is 8.61. The van der Waals surface area contributed by atoms with Gasteiger partial charge < -0.3 is 5.32 Å². The van der Waals surface area contributed by atoms with Crippen LogP contribution in [-0.4, -0.2) is 13.1 Å². The Labute approximate surface area is 125 Å². The smallest absolute Gasteiger partial charge is 0.0212 e. The van der Waals surface area contributed by atoms with E-state index in [4.69, 9.17) is 0 Å². The molecule has 0 aromatic heterocycles. The van der Waals surface area contributed by atoms with Gasteiger partial charge in [0.2, 0.25) is 0 Å². The molecule has 0 radical (unpaired) electrons. The first kappa shape index (κ1) is 13.6. The van der Waals surface area contributed by atoms with Gasteiger partial charge in [0, 0.05) is 4.47 Å². The van der Waals surface area contributed by atoms with Crippen LogP contribution >= 0.6 is 15.9 Å². The molecule has 0 amide bonds. The number of piperidine rings is 1. The number of rotatable bonds is 3. The van der Waals surface area contributed by atoms with Gasteiger partial charge in [0.1, 0.15) is 0 Å². The Balaban J connectivity index is 1.67. The van der Waals surface area contributed by atoms with Gasteiger partial charge in [-0.05, 0) is 74.2 Å². The maximum atomic E-state index is 3.81. The fourth-order valence-corrected chi connectivity index (χ4v) is 4.43. The third-order valence-corrected chi connectivity index (χ3v) is 5.53. The molecule has 2 aliphatic rings. The van der Waals surface area contributed by atoms with Gasteiger partial charge in [-0.15, -0.1) is 0 Å². The highest BCUT2D eigenvalue weighted by molar-refractivity contribution is 9.10. The molecule has 1 aliphatic carbocycles. The molecule has 1 aliphatic heterocycles. The molecule has 0 unspecified atom stereocenters. The molecular formula is C17H24BrN. The van der Waals surface area contributed by atoms with Crippen molar-refractivity contribution in [1.82, 2.24) is 5.32 Å². The molecule has 1 saturated heterocycles. The van der Waals surface area contributed by atoms with E-state index in [0.717, 1.165) is 11.8 Å². The summed E-state index contributed by atoms with van der Waals surface area (Å²) in [5, 5.41) is 3.45. The Hall–Kier alpha value is -0.340. The van der Waals surface area contributed by atoms with E-state index in [1.807, 2.05) is 0 Å². The maximum absolute atomic E-state index is 3.81. The van der Waals surface area contributed by atoms with Crippen molar-refractivity contribution in [1.29, 1.82) is 0 Å². The maximum Gasteiger partial charge on any atom is 0.0212 e. The number of hydrogen-bond donors (Lipinski definition) is 1. The highest BCUT2D eigenvalue weighted by atomic mass is 79.9. The zero-order chi connectivity index (χ0) is 13.1. The summed E-state index contributed by atoms with van der Waals surface area (Å²) in [4.78, 5) is 0. The molecular weight excluding hydrogens is 298 g/mol. The minimum Gasteiger partial charge on any atom is -0.317 e. The van der Waals surface area contributed by atoms with E-state index in [1.54, 1.807) is 5.56 Å². The predicted octanol–water partition coefficient (Wildman–Crippen LogP) is 4.65. The van der Waals surface area contributed by atoms with Crippen molar-refractivity contribution in [2.24, 2.45) is 5.92 Å². The van der Waals surface area contributed by atoms with E-state index in [0.29, 0.717) is 0 Å². The van der Waals surface area contributed by atoms with Crippen LogP contribution in [0.3, 0.4) is 0 Å². The zero-order valence-corrected chi connectivity index (χ0v) is 13.2. The fraction of sp³-hybridized carbons (Fsp3) is 0.647. The van der Waals surface area contributed by atoms with Crippen LogP contribution in [0.25, 0.3) is 0 Å². The van der Waals surface area contributed by atoms with Crippen molar-refractivity contribution >= 4 is 15.9 Å². The number of halogens is 1. The molecule has 1 heterocycles. The summed E-state index contributed by atoms with van der Waals surface area (Å²) in [6, 6.07) is 7.15. The van der Waals surface area contributed by atoms with Crippen LogP contribution in [0, 0.1) is 5.92 Å². The van der Waals surface area contributed by atoms with E-state index >= 15 is 0 Å². The summed E-state index contributed by atoms with van der Waals surface area (Å²) in [7, 11) is 0. The number of nitrogens with one attached hydrogen (secondary N) is 1. The second-order valence-electron chi connectivity index (χ2n) is 6.23. The zero-order valence-electron chi connectivity index (χ0n) is 11.6. The summed E-state index contributed by atoms with van der Waals surface area (Å²) in [5.41, 5.74) is 3.06. The van der Waals surface area contributed by atoms with Crippen molar-refractivity contribution in [3.05, 3.63) is 33.8 Å². The lowest BCUT2D eigenvalue weighted by Gasteiger charge is -2.23. The Bertz CT molecular complexity index is 417. The molecule has 19 heavy (non-hydrogen) atoms. The molecule has 1 aromatic rings. The lowest BCUT2D eigenvalue weighted by atomic mass is 9.89. The highest BCUT2D eigenvalue weighted by Crippen LogP contribution is 2.38. The van der Waals surface area contributed by atoms with Crippen LogP contribution in [-0.2, 0) is 6.42 Å². The normalized spacial score (nSPS) is 21.9. The van der Waals surface area contributed by atoms with Crippen LogP contribution in [0.2, 0.25) is 0 Å². The van der Waals surface area contributed by atoms with Gasteiger partial charge in [0.05, 0.1) is 0 Å². The fourth-order valence-electron chi connectivity index (χ4n) is 3.68. The minimum atomic E-state index is 0.808. The Morgan fingerprint density at radius 1 is 1.05 bits per heavy atom. The highest BCUT2D eigenvalue weighted by Gasteiger charge is 2.20. The SMILES string of the molecule is Brc1cc(CC2CCNCC2)ccc1C1CCCC1. The quantitative estimate of drug-likeness (QED) is 0.854. The van der Waals surface area contributed by atoms with Crippen molar-refractivity contribution < 1.29 is 0 Å². The van der Waals surface area contributed by atoms with E-state index in [1.165, 1.54) is 68.1 Å². The van der Waals surface area contributed by atoms with Gasteiger partial charge in [0.15, 0.2) is 0 Å². The lowest BCUT2D eigenvalue weighted by Crippen LogP contribution is -2.28. The van der Waals surface area contributed by atoms with Crippen LogP contribution < -0.4 is 5.32 Å². The van der Waals surface area contributed by atoms with Crippen molar-refractivity contribution in [3.63, 3.8) is 0 Å². The molecule has 1 saturated carbocycles. The van der Waals surface area contributed by atoms with E-state index < -0.39 is 0 Å². The molecule has 2 fully saturated rings. The third kappa shape index (κ3) is 3.41. The van der Waals surface area contributed by atoms with E-state index in [9.17, 15) is 0 Å². The molecule has 1 N–H and O–H groups in total. The molecule has 0 bridgehead atoms. The van der Waals surface area contributed by atoms with E-state index in [2.05, 4.69) is 39.4 Å². The predicted molar refractivity (Wildman–Crippen MR) is 84.6 cm³/mol. The second kappa shape index (κ2) is 6.41. The molecule has 3 rings (SSSR count). The standard InChI is InChI=1S/C17H24BrN/c18-17-12-14(11-13-7-9-19-10-8-13)5-6-16(17)15-3-1-2-4-15/h5-6,12-13,15,19H,1-4,7-11H2. The van der Waals surface area contributed by atoms with Crippen molar-refractivity contribution in [3.8, 4) is 0 Å². The van der Waals surface area contributed by atoms with Crippen LogP contribution in [0.4, 0.5) is 0 Å². The monoisotopic (exact) mass is 321 g/mol. The second-order valence-corrected chi connectivity index (χ2v) is 7.09. The summed E-state index contributed by atoms with van der Waals surface area (Å²) < 4.78 is 1.35. The molecule has 104 valence electrons. The van der Waals surface area contributed by atoms with Gasteiger partial charge in [-0.3, -0.25) is 0 Å². The molecule has 1 aromatic carbocycles. The number of benzene rings is 1. The average molecular weight is 322 g/mol. The van der Waals surface area contributed by atoms with Gasteiger partial charge in [-0.25, -0.2) is 0 Å². The average Bonchev–Trinajstić information content (AvgIpc) is 2.94. The van der Waals surface area contributed by atoms with Gasteiger partial charge in [-0.1, -0.05) is 40.9 Å². The first-order valence-electron chi connectivity index (χ1n) is 7.82. The van der Waals surface area contributed by atoms with Crippen molar-refractivity contribution in [2.75, 3.05) is 13.1 Å². The molecule has 0 spiro atoms. The Morgan fingerprint density at radius 3 is 2.47 bits per heavy atom. The van der Waals surface area contributed by atoms with Crippen LogP contribution in [0.1, 0.15) is 55.6 Å². The Morgan fingerprint density at radius 2 is 1.79 bits per heavy atom. The van der Waals surface area contributed by atoms with Crippen LogP contribution in [0.15, 0.2) is 22.7 Å². The summed E-state index contributed by atoms with van der Waals surface area (Å²) in [6.45, 7) is 2.40. The summed E-state index contributed by atoms with van der Waals surface area (Å²) in [5.74, 6) is 1.69. The lowest BCUT2D eigenvalue weighted by molar-refractivity contribution is 0.372. The summed E-state index contributed by atoms with van der Waals surface area (Å²) >= 11 is 3.81. The first-order chi connectivity index (χ1) is 9.33. The van der Waals surface area contributed by atoms with Gasteiger partial charge >= 0.3 is 0 Å². The third-order valence-electron chi connectivity index (χ3n) is 4.84. The molecule has 1 nitrogen and oxygen atoms in total. The topological polar surface area (TPSA) is 12.0 Å². The van der Waals surface area contributed by atoms with E-state index in [-0.39, 0.29) is 0 Å². The largest absolute Gasteiger partial charge is 0.317 e. The molecule has 0 atom stereocenters. The van der Waals surface area contributed by atoms with Crippen LogP contribution in [0.5, 0.6) is 0 Å². The Kier molecular flexibility index (Phi) is 4.60. The van der Waals surface area contributed by atoms with Gasteiger partial charge in [0.25, 0.3) is 0 Å². The minimum absolute atomic E-state index is 0.808.